The summed E-state index contributed by atoms with van der Waals surface area (Å²) in [5.41, 5.74) is 5.58. The van der Waals surface area contributed by atoms with E-state index in [4.69, 9.17) is 15.7 Å². The first kappa shape index (κ1) is 14.3. The first-order valence-electron chi connectivity index (χ1n) is 5.43. The molecule has 1 atom stereocenters. The summed E-state index contributed by atoms with van der Waals surface area (Å²) in [6.45, 7) is 1.53. The maximum absolute atomic E-state index is 11.6. The molecule has 0 aromatic heterocycles. The van der Waals surface area contributed by atoms with Gasteiger partial charge in [0, 0.05) is 0 Å². The molecule has 0 saturated carbocycles. The first-order chi connectivity index (χ1) is 8.99. The van der Waals surface area contributed by atoms with Gasteiger partial charge in [-0.05, 0) is 19.1 Å². The molecule has 100 valence electrons. The molecule has 0 aliphatic carbocycles. The van der Waals surface area contributed by atoms with Gasteiger partial charge in [0.25, 0.3) is 0 Å². The summed E-state index contributed by atoms with van der Waals surface area (Å²) in [5, 5.41) is 13.8. The van der Waals surface area contributed by atoms with Crippen LogP contribution in [0, 0.1) is 11.3 Å². The van der Waals surface area contributed by atoms with Gasteiger partial charge in [-0.15, -0.1) is 0 Å². The van der Waals surface area contributed by atoms with E-state index in [0.29, 0.717) is 17.0 Å². The van der Waals surface area contributed by atoms with E-state index in [-0.39, 0.29) is 0 Å². The molecule has 7 nitrogen and oxygen atoms in total. The predicted octanol–water partition coefficient (Wildman–Crippen LogP) is 0.562. The average molecular weight is 262 g/mol. The van der Waals surface area contributed by atoms with Crippen LogP contribution in [-0.4, -0.2) is 25.1 Å². The van der Waals surface area contributed by atoms with Gasteiger partial charge >= 0.3 is 6.03 Å². The van der Waals surface area contributed by atoms with Crippen molar-refractivity contribution < 1.29 is 14.3 Å². The van der Waals surface area contributed by atoms with Gasteiger partial charge in [-0.1, -0.05) is 6.07 Å². The van der Waals surface area contributed by atoms with Crippen LogP contribution in [0.1, 0.15) is 12.5 Å². The molecule has 0 spiro atoms. The number of carbonyl (C=O) groups is 2. The van der Waals surface area contributed by atoms with E-state index in [1.54, 1.807) is 18.2 Å². The number of urea groups is 1. The number of hydrogen-bond acceptors (Lipinski definition) is 5. The van der Waals surface area contributed by atoms with Crippen molar-refractivity contribution in [2.45, 2.75) is 13.0 Å². The number of para-hydroxylation sites is 1. The predicted molar refractivity (Wildman–Crippen MR) is 68.5 cm³/mol. The fraction of sp³-hybridized carbons (Fsp3) is 0.250. The zero-order chi connectivity index (χ0) is 14.4. The summed E-state index contributed by atoms with van der Waals surface area (Å²) in [7, 11) is 1.45. The topological polar surface area (TPSA) is 117 Å². The van der Waals surface area contributed by atoms with Gasteiger partial charge in [0.2, 0.25) is 5.91 Å². The number of nitriles is 1. The maximum Gasteiger partial charge on any atom is 0.318 e. The lowest BCUT2D eigenvalue weighted by atomic mass is 10.1. The zero-order valence-corrected chi connectivity index (χ0v) is 10.6. The van der Waals surface area contributed by atoms with Crippen molar-refractivity contribution in [2.75, 3.05) is 12.4 Å². The van der Waals surface area contributed by atoms with E-state index in [9.17, 15) is 9.59 Å². The second-order valence-electron chi connectivity index (χ2n) is 3.71. The van der Waals surface area contributed by atoms with Gasteiger partial charge in [-0.2, -0.15) is 5.26 Å². The molecule has 0 aliphatic heterocycles. The van der Waals surface area contributed by atoms with Crippen LogP contribution >= 0.6 is 0 Å². The standard InChI is InChI=1S/C12H14N4O3/c1-7(11(17)16-12(14)18)15-10-8(6-13)4-3-5-9(10)19-2/h3-5,7,15H,1-2H3,(H3,14,16,17,18). The van der Waals surface area contributed by atoms with Gasteiger partial charge in [-0.3, -0.25) is 10.1 Å². The molecule has 1 unspecified atom stereocenters. The number of methoxy groups -OCH3 is 1. The Balaban J connectivity index is 2.96. The molecule has 0 fully saturated rings. The molecule has 0 saturated heterocycles. The van der Waals surface area contributed by atoms with Crippen LogP contribution < -0.4 is 21.1 Å². The van der Waals surface area contributed by atoms with E-state index in [1.165, 1.54) is 14.0 Å². The highest BCUT2D eigenvalue weighted by atomic mass is 16.5. The second-order valence-corrected chi connectivity index (χ2v) is 3.71. The van der Waals surface area contributed by atoms with Gasteiger partial charge in [0.15, 0.2) is 0 Å². The Morgan fingerprint density at radius 2 is 2.16 bits per heavy atom. The van der Waals surface area contributed by atoms with Gasteiger partial charge in [-0.25, -0.2) is 4.79 Å². The molecule has 0 aliphatic rings. The smallest absolute Gasteiger partial charge is 0.318 e. The van der Waals surface area contributed by atoms with Crippen molar-refractivity contribution in [2.24, 2.45) is 5.73 Å². The number of primary amides is 1. The lowest BCUT2D eigenvalue weighted by Crippen LogP contribution is -2.43. The summed E-state index contributed by atoms with van der Waals surface area (Å²) in [6.07, 6.45) is 0. The number of rotatable bonds is 4. The number of amides is 3. The SMILES string of the molecule is COc1cccc(C#N)c1NC(C)C(=O)NC(N)=O. The Morgan fingerprint density at radius 3 is 2.68 bits per heavy atom. The molecule has 1 aromatic rings. The normalized spacial score (nSPS) is 11.0. The van der Waals surface area contributed by atoms with Crippen LogP contribution in [-0.2, 0) is 4.79 Å². The summed E-state index contributed by atoms with van der Waals surface area (Å²) in [4.78, 5) is 22.2. The Bertz CT molecular complexity index is 536. The minimum absolute atomic E-state index is 0.332. The highest BCUT2D eigenvalue weighted by Gasteiger charge is 2.18. The zero-order valence-electron chi connectivity index (χ0n) is 10.6. The van der Waals surface area contributed by atoms with Crippen LogP contribution in [0.5, 0.6) is 5.75 Å². The van der Waals surface area contributed by atoms with Crippen LogP contribution in [0.2, 0.25) is 0 Å². The number of ether oxygens (including phenoxy) is 1. The maximum atomic E-state index is 11.6. The lowest BCUT2D eigenvalue weighted by molar-refractivity contribution is -0.120. The van der Waals surface area contributed by atoms with E-state index >= 15 is 0 Å². The van der Waals surface area contributed by atoms with E-state index in [1.807, 2.05) is 11.4 Å². The quantitative estimate of drug-likeness (QED) is 0.733. The molecule has 0 bridgehead atoms. The number of imide groups is 1. The first-order valence-corrected chi connectivity index (χ1v) is 5.43. The Hall–Kier alpha value is -2.75. The fourth-order valence-corrected chi connectivity index (χ4v) is 1.46. The molecule has 4 N–H and O–H groups in total. The Kier molecular flexibility index (Phi) is 4.71. The molecule has 1 aromatic carbocycles. The van der Waals surface area contributed by atoms with Crippen molar-refractivity contribution >= 4 is 17.6 Å². The molecular formula is C12H14N4O3. The Morgan fingerprint density at radius 1 is 1.47 bits per heavy atom. The molecule has 19 heavy (non-hydrogen) atoms. The minimum Gasteiger partial charge on any atom is -0.495 e. The molecule has 0 heterocycles. The number of hydrogen-bond donors (Lipinski definition) is 3. The van der Waals surface area contributed by atoms with E-state index < -0.39 is 18.0 Å². The van der Waals surface area contributed by atoms with E-state index in [0.717, 1.165) is 0 Å². The van der Waals surface area contributed by atoms with Crippen molar-refractivity contribution in [3.8, 4) is 11.8 Å². The highest BCUT2D eigenvalue weighted by Crippen LogP contribution is 2.28. The van der Waals surface area contributed by atoms with Crippen molar-refractivity contribution in [1.82, 2.24) is 5.32 Å². The average Bonchev–Trinajstić information content (AvgIpc) is 2.37. The second kappa shape index (κ2) is 6.26. The Labute approximate surface area is 110 Å². The lowest BCUT2D eigenvalue weighted by Gasteiger charge is -2.17. The minimum atomic E-state index is -0.931. The van der Waals surface area contributed by atoms with Crippen molar-refractivity contribution in [3.63, 3.8) is 0 Å². The number of nitrogens with one attached hydrogen (secondary N) is 2. The third-order valence-electron chi connectivity index (χ3n) is 2.37. The summed E-state index contributed by atoms with van der Waals surface area (Å²) in [5.74, 6) is -0.167. The highest BCUT2D eigenvalue weighted by molar-refractivity contribution is 5.97. The third kappa shape index (κ3) is 3.61. The van der Waals surface area contributed by atoms with Crippen LogP contribution in [0.15, 0.2) is 18.2 Å². The van der Waals surface area contributed by atoms with Crippen LogP contribution in [0.4, 0.5) is 10.5 Å². The molecule has 0 radical (unpaired) electrons. The van der Waals surface area contributed by atoms with Gasteiger partial charge in [0.1, 0.15) is 17.9 Å². The van der Waals surface area contributed by atoms with Crippen LogP contribution in [0.25, 0.3) is 0 Å². The van der Waals surface area contributed by atoms with Crippen molar-refractivity contribution in [3.05, 3.63) is 23.8 Å². The van der Waals surface area contributed by atoms with Gasteiger partial charge < -0.3 is 15.8 Å². The summed E-state index contributed by atoms with van der Waals surface area (Å²) < 4.78 is 5.11. The molecule has 3 amide bonds. The molecular weight excluding hydrogens is 248 g/mol. The fourth-order valence-electron chi connectivity index (χ4n) is 1.46. The van der Waals surface area contributed by atoms with Crippen molar-refractivity contribution in [1.29, 1.82) is 5.26 Å². The third-order valence-corrected chi connectivity index (χ3v) is 2.37. The molecule has 1 rings (SSSR count). The number of carbonyl (C=O) groups excluding carboxylic acids is 2. The number of anilines is 1. The monoisotopic (exact) mass is 262 g/mol. The largest absolute Gasteiger partial charge is 0.495 e. The number of nitrogens with zero attached hydrogens (tertiary/aromatic N) is 1. The number of benzene rings is 1. The van der Waals surface area contributed by atoms with E-state index in [2.05, 4.69) is 5.32 Å². The summed E-state index contributed by atoms with van der Waals surface area (Å²) >= 11 is 0. The summed E-state index contributed by atoms with van der Waals surface area (Å²) in [6, 6.07) is 5.21. The number of nitrogens with two attached hydrogens (primary N) is 1. The van der Waals surface area contributed by atoms with Crippen LogP contribution in [0.3, 0.4) is 0 Å². The van der Waals surface area contributed by atoms with Gasteiger partial charge in [0.05, 0.1) is 18.4 Å². The molecule has 7 heteroatoms.